The first-order valence-corrected chi connectivity index (χ1v) is 12.1. The standard InChI is InChI=1S/C27H24F4N6O2/c28-22-13-19(36-26(38)35-18-3-1-2-17(12-18)27(29,30)31)4-7-25(22)39-21-5-6-23-24(14-21)34-20(15-33-23)16-37-10-8-32-9-11-37/h1-7,12-15,32H,8-11,16H2,(H2,35,36,38). The van der Waals surface area contributed by atoms with Crippen molar-refractivity contribution in [2.45, 2.75) is 12.7 Å². The highest BCUT2D eigenvalue weighted by Gasteiger charge is 2.30. The molecule has 202 valence electrons. The smallest absolute Gasteiger partial charge is 0.416 e. The van der Waals surface area contributed by atoms with Gasteiger partial charge in [-0.05, 0) is 42.5 Å². The Kier molecular flexibility index (Phi) is 7.57. The van der Waals surface area contributed by atoms with Gasteiger partial charge in [-0.1, -0.05) is 6.07 Å². The summed E-state index contributed by atoms with van der Waals surface area (Å²) in [5.41, 5.74) is 1.25. The molecule has 0 radical (unpaired) electrons. The van der Waals surface area contributed by atoms with Crippen LogP contribution in [-0.4, -0.2) is 47.1 Å². The van der Waals surface area contributed by atoms with Gasteiger partial charge >= 0.3 is 12.2 Å². The van der Waals surface area contributed by atoms with E-state index < -0.39 is 23.6 Å². The molecule has 39 heavy (non-hydrogen) atoms. The summed E-state index contributed by atoms with van der Waals surface area (Å²) in [6, 6.07) is 12.2. The number of alkyl halides is 3. The van der Waals surface area contributed by atoms with E-state index in [1.54, 1.807) is 24.4 Å². The highest BCUT2D eigenvalue weighted by atomic mass is 19.4. The van der Waals surface area contributed by atoms with E-state index in [9.17, 15) is 22.4 Å². The van der Waals surface area contributed by atoms with Gasteiger partial charge in [0.2, 0.25) is 0 Å². The topological polar surface area (TPSA) is 91.4 Å². The quantitative estimate of drug-likeness (QED) is 0.275. The van der Waals surface area contributed by atoms with Crippen molar-refractivity contribution < 1.29 is 27.1 Å². The molecule has 1 aromatic heterocycles. The molecule has 8 nitrogen and oxygen atoms in total. The number of benzene rings is 3. The van der Waals surface area contributed by atoms with Gasteiger partial charge in [0, 0.05) is 56.2 Å². The molecule has 1 aliphatic heterocycles. The number of hydrogen-bond donors (Lipinski definition) is 3. The minimum absolute atomic E-state index is 0.0572. The van der Waals surface area contributed by atoms with Gasteiger partial charge in [-0.2, -0.15) is 13.2 Å². The van der Waals surface area contributed by atoms with E-state index in [2.05, 4.69) is 30.8 Å². The fraction of sp³-hybridized carbons (Fsp3) is 0.222. The highest BCUT2D eigenvalue weighted by molar-refractivity contribution is 5.99. The van der Waals surface area contributed by atoms with E-state index in [4.69, 9.17) is 4.74 Å². The summed E-state index contributed by atoms with van der Waals surface area (Å²) in [5.74, 6) is -0.466. The third-order valence-electron chi connectivity index (χ3n) is 6.02. The van der Waals surface area contributed by atoms with Crippen molar-refractivity contribution in [3.63, 3.8) is 0 Å². The van der Waals surface area contributed by atoms with Crippen LogP contribution < -0.4 is 20.7 Å². The lowest BCUT2D eigenvalue weighted by molar-refractivity contribution is -0.137. The van der Waals surface area contributed by atoms with Crippen LogP contribution in [0, 0.1) is 5.82 Å². The third kappa shape index (κ3) is 6.78. The number of halogens is 4. The second kappa shape index (κ2) is 11.2. The minimum atomic E-state index is -4.54. The van der Waals surface area contributed by atoms with Crippen LogP contribution in [0.1, 0.15) is 11.3 Å². The van der Waals surface area contributed by atoms with Crippen LogP contribution in [0.3, 0.4) is 0 Å². The SMILES string of the molecule is O=C(Nc1cccc(C(F)(F)F)c1)Nc1ccc(Oc2ccc3ncc(CN4CCNCC4)nc3c2)c(F)c1. The summed E-state index contributed by atoms with van der Waals surface area (Å²) in [7, 11) is 0. The molecule has 4 aromatic rings. The second-order valence-corrected chi connectivity index (χ2v) is 8.94. The molecule has 0 unspecified atom stereocenters. The largest absolute Gasteiger partial charge is 0.454 e. The van der Waals surface area contributed by atoms with Crippen molar-refractivity contribution >= 4 is 28.4 Å². The zero-order valence-corrected chi connectivity index (χ0v) is 20.6. The molecule has 2 amide bonds. The molecule has 0 bridgehead atoms. The number of nitrogens with one attached hydrogen (secondary N) is 3. The van der Waals surface area contributed by atoms with E-state index in [0.29, 0.717) is 23.3 Å². The van der Waals surface area contributed by atoms with E-state index >= 15 is 0 Å². The van der Waals surface area contributed by atoms with Gasteiger partial charge in [0.15, 0.2) is 11.6 Å². The summed E-state index contributed by atoms with van der Waals surface area (Å²) in [5, 5.41) is 8.00. The number of hydrogen-bond acceptors (Lipinski definition) is 6. The molecule has 3 N–H and O–H groups in total. The lowest BCUT2D eigenvalue weighted by atomic mass is 10.2. The number of amides is 2. The van der Waals surface area contributed by atoms with Crippen LogP contribution >= 0.6 is 0 Å². The molecular formula is C27H24F4N6O2. The van der Waals surface area contributed by atoms with Crippen molar-refractivity contribution in [3.05, 3.63) is 83.9 Å². The van der Waals surface area contributed by atoms with Crippen molar-refractivity contribution in [2.24, 2.45) is 0 Å². The molecule has 3 aromatic carbocycles. The highest BCUT2D eigenvalue weighted by Crippen LogP contribution is 2.31. The van der Waals surface area contributed by atoms with Crippen molar-refractivity contribution in [2.75, 3.05) is 36.8 Å². The Hall–Kier alpha value is -4.29. The summed E-state index contributed by atoms with van der Waals surface area (Å²) in [4.78, 5) is 23.7. The Morgan fingerprint density at radius 1 is 0.974 bits per heavy atom. The molecule has 5 rings (SSSR count). The second-order valence-electron chi connectivity index (χ2n) is 8.94. The number of carbonyl (C=O) groups is 1. The molecule has 1 aliphatic rings. The Morgan fingerprint density at radius 2 is 1.74 bits per heavy atom. The van der Waals surface area contributed by atoms with Crippen molar-refractivity contribution in [1.29, 1.82) is 0 Å². The van der Waals surface area contributed by atoms with Crippen LogP contribution in [0.2, 0.25) is 0 Å². The summed E-state index contributed by atoms with van der Waals surface area (Å²) < 4.78 is 59.1. The molecule has 2 heterocycles. The molecule has 12 heteroatoms. The fourth-order valence-electron chi connectivity index (χ4n) is 4.12. The Morgan fingerprint density at radius 3 is 2.49 bits per heavy atom. The van der Waals surface area contributed by atoms with Gasteiger partial charge < -0.3 is 20.7 Å². The van der Waals surface area contributed by atoms with Crippen molar-refractivity contribution in [3.8, 4) is 11.5 Å². The Labute approximate surface area is 221 Å². The maximum atomic E-state index is 14.8. The number of piperazine rings is 1. The maximum Gasteiger partial charge on any atom is 0.416 e. The molecule has 0 atom stereocenters. The van der Waals surface area contributed by atoms with E-state index in [-0.39, 0.29) is 17.1 Å². The predicted molar refractivity (Wildman–Crippen MR) is 138 cm³/mol. The summed E-state index contributed by atoms with van der Waals surface area (Å²) in [6.07, 6.45) is -2.79. The lowest BCUT2D eigenvalue weighted by Gasteiger charge is -2.26. The number of carbonyl (C=O) groups excluding carboxylic acids is 1. The molecule has 1 fully saturated rings. The van der Waals surface area contributed by atoms with Gasteiger partial charge in [0.1, 0.15) is 5.75 Å². The first-order valence-electron chi connectivity index (χ1n) is 12.1. The Balaban J connectivity index is 1.23. The average Bonchev–Trinajstić information content (AvgIpc) is 2.90. The number of fused-ring (bicyclic) bond motifs is 1. The van der Waals surface area contributed by atoms with Gasteiger partial charge in [-0.3, -0.25) is 9.88 Å². The van der Waals surface area contributed by atoms with Crippen LogP contribution in [0.15, 0.2) is 66.9 Å². The average molecular weight is 541 g/mol. The van der Waals surface area contributed by atoms with Gasteiger partial charge in [0.05, 0.1) is 28.5 Å². The van der Waals surface area contributed by atoms with Gasteiger partial charge in [-0.15, -0.1) is 0 Å². The fourth-order valence-corrected chi connectivity index (χ4v) is 4.12. The summed E-state index contributed by atoms with van der Waals surface area (Å²) in [6.45, 7) is 4.40. The molecule has 0 spiro atoms. The van der Waals surface area contributed by atoms with Crippen LogP contribution in [0.5, 0.6) is 11.5 Å². The predicted octanol–water partition coefficient (Wildman–Crippen LogP) is 5.63. The lowest BCUT2D eigenvalue weighted by Crippen LogP contribution is -2.43. The Bertz CT molecular complexity index is 1490. The number of urea groups is 1. The molecule has 0 saturated carbocycles. The van der Waals surface area contributed by atoms with Crippen LogP contribution in [-0.2, 0) is 12.7 Å². The van der Waals surface area contributed by atoms with Gasteiger partial charge in [0.25, 0.3) is 0 Å². The zero-order chi connectivity index (χ0) is 27.4. The first-order chi connectivity index (χ1) is 18.7. The van der Waals surface area contributed by atoms with Gasteiger partial charge in [-0.25, -0.2) is 14.2 Å². The number of anilines is 2. The normalized spacial score (nSPS) is 14.3. The zero-order valence-electron chi connectivity index (χ0n) is 20.6. The third-order valence-corrected chi connectivity index (χ3v) is 6.02. The first kappa shape index (κ1) is 26.3. The monoisotopic (exact) mass is 540 g/mol. The molecule has 1 saturated heterocycles. The maximum absolute atomic E-state index is 14.8. The summed E-state index contributed by atoms with van der Waals surface area (Å²) >= 11 is 0. The molecule has 0 aliphatic carbocycles. The minimum Gasteiger partial charge on any atom is -0.454 e. The van der Waals surface area contributed by atoms with E-state index in [1.807, 2.05) is 0 Å². The molecular weight excluding hydrogens is 516 g/mol. The number of aromatic nitrogens is 2. The number of ether oxygens (including phenoxy) is 1. The number of nitrogens with zero attached hydrogens (tertiary/aromatic N) is 3. The van der Waals surface area contributed by atoms with Crippen LogP contribution in [0.4, 0.5) is 33.7 Å². The van der Waals surface area contributed by atoms with Crippen molar-refractivity contribution in [1.82, 2.24) is 20.2 Å². The van der Waals surface area contributed by atoms with Crippen LogP contribution in [0.25, 0.3) is 11.0 Å². The van der Waals surface area contributed by atoms with E-state index in [1.165, 1.54) is 24.3 Å². The number of rotatable bonds is 6. The van der Waals surface area contributed by atoms with E-state index in [0.717, 1.165) is 50.1 Å².